The van der Waals surface area contributed by atoms with Crippen molar-refractivity contribution in [2.45, 2.75) is 0 Å². The Morgan fingerprint density at radius 1 is 0.828 bits per heavy atom. The molecule has 0 aliphatic heterocycles. The lowest BCUT2D eigenvalue weighted by Crippen LogP contribution is -2.26. The van der Waals surface area contributed by atoms with Crippen LogP contribution in [0.25, 0.3) is 22.4 Å². The molecule has 2 N–H and O–H groups in total. The molecule has 4 aromatic rings. The summed E-state index contributed by atoms with van der Waals surface area (Å²) in [5.41, 5.74) is 2.08. The number of aromatic amines is 1. The highest BCUT2D eigenvalue weighted by atomic mass is 19.1. The van der Waals surface area contributed by atoms with Gasteiger partial charge in [-0.2, -0.15) is 5.10 Å². The first-order valence-electron chi connectivity index (χ1n) is 8.94. The number of carbonyl (C=O) groups is 1. The van der Waals surface area contributed by atoms with Gasteiger partial charge in [-0.1, -0.05) is 60.7 Å². The average Bonchev–Trinajstić information content (AvgIpc) is 2.76. The van der Waals surface area contributed by atoms with Crippen LogP contribution >= 0.6 is 0 Å². The first-order chi connectivity index (χ1) is 14.1. The highest BCUT2D eigenvalue weighted by molar-refractivity contribution is 6.10. The van der Waals surface area contributed by atoms with E-state index in [2.05, 4.69) is 15.5 Å². The smallest absolute Gasteiger partial charge is 0.277 e. The topological polar surface area (TPSA) is 74.8 Å². The Labute approximate surface area is 165 Å². The van der Waals surface area contributed by atoms with Crippen molar-refractivity contribution in [1.29, 1.82) is 0 Å². The normalized spacial score (nSPS) is 10.5. The van der Waals surface area contributed by atoms with Crippen molar-refractivity contribution in [2.24, 2.45) is 0 Å². The maximum absolute atomic E-state index is 13.2. The lowest BCUT2D eigenvalue weighted by Gasteiger charge is -2.14. The van der Waals surface area contributed by atoms with E-state index < -0.39 is 17.3 Å². The minimum absolute atomic E-state index is 0.0608. The first kappa shape index (κ1) is 18.3. The number of hydrogen-bond acceptors (Lipinski definition) is 3. The molecule has 3 aromatic carbocycles. The quantitative estimate of drug-likeness (QED) is 0.543. The Hall–Kier alpha value is -4.06. The van der Waals surface area contributed by atoms with Gasteiger partial charge in [-0.25, -0.2) is 9.49 Å². The molecule has 0 fully saturated rings. The minimum atomic E-state index is -0.608. The standard InChI is InChI=1S/C23H16FN3O2/c24-17-11-13-18(14-12-17)25-22(28)20-19(15-7-3-1-4-8-15)21(26-27-23(20)29)16-9-5-2-6-10-16/h1-14H,(H,25,28)(H,27,29). The highest BCUT2D eigenvalue weighted by Gasteiger charge is 2.23. The Kier molecular flexibility index (Phi) is 4.99. The second-order valence-corrected chi connectivity index (χ2v) is 6.34. The Morgan fingerprint density at radius 2 is 1.41 bits per heavy atom. The van der Waals surface area contributed by atoms with Crippen molar-refractivity contribution in [3.8, 4) is 22.4 Å². The summed E-state index contributed by atoms with van der Waals surface area (Å²) in [4.78, 5) is 25.7. The molecule has 0 unspecified atom stereocenters. The largest absolute Gasteiger partial charge is 0.322 e. The molecule has 29 heavy (non-hydrogen) atoms. The van der Waals surface area contributed by atoms with Crippen LogP contribution in [-0.4, -0.2) is 16.1 Å². The number of carbonyl (C=O) groups excluding carboxylic acids is 1. The van der Waals surface area contributed by atoms with E-state index >= 15 is 0 Å². The fraction of sp³-hybridized carbons (Fsp3) is 0. The van der Waals surface area contributed by atoms with Crippen molar-refractivity contribution in [3.63, 3.8) is 0 Å². The minimum Gasteiger partial charge on any atom is -0.322 e. The maximum Gasteiger partial charge on any atom is 0.277 e. The van der Waals surface area contributed by atoms with Gasteiger partial charge in [0.1, 0.15) is 11.4 Å². The van der Waals surface area contributed by atoms with Crippen molar-refractivity contribution >= 4 is 11.6 Å². The Balaban J connectivity index is 1.89. The van der Waals surface area contributed by atoms with Gasteiger partial charge in [0, 0.05) is 16.8 Å². The van der Waals surface area contributed by atoms with E-state index in [9.17, 15) is 14.0 Å². The lowest BCUT2D eigenvalue weighted by molar-refractivity contribution is 0.102. The molecule has 0 aliphatic rings. The van der Waals surface area contributed by atoms with Gasteiger partial charge in [0.05, 0.1) is 5.69 Å². The number of nitrogens with zero attached hydrogens (tertiary/aromatic N) is 1. The fourth-order valence-corrected chi connectivity index (χ4v) is 3.08. The lowest BCUT2D eigenvalue weighted by atomic mass is 9.95. The molecule has 4 rings (SSSR count). The second kappa shape index (κ2) is 7.90. The maximum atomic E-state index is 13.2. The third-order valence-electron chi connectivity index (χ3n) is 4.42. The fourth-order valence-electron chi connectivity index (χ4n) is 3.08. The van der Waals surface area contributed by atoms with Gasteiger partial charge in [0.15, 0.2) is 0 Å². The zero-order valence-corrected chi connectivity index (χ0v) is 15.2. The predicted molar refractivity (Wildman–Crippen MR) is 110 cm³/mol. The zero-order valence-electron chi connectivity index (χ0n) is 15.2. The molecule has 0 saturated carbocycles. The van der Waals surface area contributed by atoms with Gasteiger partial charge in [-0.15, -0.1) is 0 Å². The van der Waals surface area contributed by atoms with Gasteiger partial charge in [-0.3, -0.25) is 9.59 Å². The van der Waals surface area contributed by atoms with Crippen molar-refractivity contribution in [3.05, 3.63) is 107 Å². The summed E-state index contributed by atoms with van der Waals surface area (Å²) in [7, 11) is 0. The average molecular weight is 385 g/mol. The molecule has 1 amide bonds. The van der Waals surface area contributed by atoms with E-state index in [1.165, 1.54) is 24.3 Å². The molecule has 1 heterocycles. The zero-order chi connectivity index (χ0) is 20.2. The summed E-state index contributed by atoms with van der Waals surface area (Å²) in [6.07, 6.45) is 0. The molecule has 0 spiro atoms. The van der Waals surface area contributed by atoms with Crippen molar-refractivity contribution in [1.82, 2.24) is 10.2 Å². The Bertz CT molecular complexity index is 1200. The van der Waals surface area contributed by atoms with Crippen LogP contribution in [0.4, 0.5) is 10.1 Å². The number of H-pyrrole nitrogens is 1. The molecular formula is C23H16FN3O2. The van der Waals surface area contributed by atoms with Gasteiger partial charge in [-0.05, 0) is 29.8 Å². The Morgan fingerprint density at radius 3 is 2.03 bits per heavy atom. The van der Waals surface area contributed by atoms with E-state index in [1.807, 2.05) is 60.7 Å². The molecule has 142 valence electrons. The number of anilines is 1. The number of hydrogen-bond donors (Lipinski definition) is 2. The number of benzene rings is 3. The van der Waals surface area contributed by atoms with Gasteiger partial charge in [0.25, 0.3) is 11.5 Å². The number of aromatic nitrogens is 2. The molecule has 1 aromatic heterocycles. The van der Waals surface area contributed by atoms with Crippen LogP contribution in [-0.2, 0) is 0 Å². The molecule has 0 saturated heterocycles. The number of rotatable bonds is 4. The summed E-state index contributed by atoms with van der Waals surface area (Å²) in [6.45, 7) is 0. The summed E-state index contributed by atoms with van der Waals surface area (Å²) < 4.78 is 13.2. The molecule has 0 atom stereocenters. The van der Waals surface area contributed by atoms with E-state index in [0.29, 0.717) is 22.5 Å². The highest BCUT2D eigenvalue weighted by Crippen LogP contribution is 2.31. The number of amides is 1. The van der Waals surface area contributed by atoms with Crippen LogP contribution < -0.4 is 10.9 Å². The monoisotopic (exact) mass is 385 g/mol. The molecule has 0 bridgehead atoms. The van der Waals surface area contributed by atoms with E-state index in [-0.39, 0.29) is 5.56 Å². The van der Waals surface area contributed by atoms with Crippen LogP contribution in [0.5, 0.6) is 0 Å². The van der Waals surface area contributed by atoms with Crippen molar-refractivity contribution in [2.75, 3.05) is 5.32 Å². The summed E-state index contributed by atoms with van der Waals surface area (Å²) in [5, 5.41) is 9.31. The van der Waals surface area contributed by atoms with Crippen LogP contribution in [0, 0.1) is 5.82 Å². The third kappa shape index (κ3) is 3.82. The van der Waals surface area contributed by atoms with Crippen LogP contribution in [0.2, 0.25) is 0 Å². The van der Waals surface area contributed by atoms with Crippen LogP contribution in [0.1, 0.15) is 10.4 Å². The molecule has 6 heteroatoms. The van der Waals surface area contributed by atoms with Gasteiger partial charge < -0.3 is 5.32 Å². The van der Waals surface area contributed by atoms with Crippen molar-refractivity contribution < 1.29 is 9.18 Å². The SMILES string of the molecule is O=C(Nc1ccc(F)cc1)c1c(-c2ccccc2)c(-c2ccccc2)n[nH]c1=O. The van der Waals surface area contributed by atoms with E-state index in [0.717, 1.165) is 5.56 Å². The summed E-state index contributed by atoms with van der Waals surface area (Å²) >= 11 is 0. The predicted octanol–water partition coefficient (Wildman–Crippen LogP) is 4.50. The third-order valence-corrected chi connectivity index (χ3v) is 4.42. The number of halogens is 1. The van der Waals surface area contributed by atoms with Crippen LogP contribution in [0.15, 0.2) is 89.7 Å². The van der Waals surface area contributed by atoms with Gasteiger partial charge >= 0.3 is 0 Å². The molecule has 5 nitrogen and oxygen atoms in total. The van der Waals surface area contributed by atoms with Crippen LogP contribution in [0.3, 0.4) is 0 Å². The van der Waals surface area contributed by atoms with E-state index in [4.69, 9.17) is 0 Å². The second-order valence-electron chi connectivity index (χ2n) is 6.34. The van der Waals surface area contributed by atoms with Gasteiger partial charge in [0.2, 0.25) is 0 Å². The molecule has 0 aliphatic carbocycles. The van der Waals surface area contributed by atoms with E-state index in [1.54, 1.807) is 0 Å². The first-order valence-corrected chi connectivity index (χ1v) is 8.94. The summed E-state index contributed by atoms with van der Waals surface area (Å²) in [5.74, 6) is -1.02. The summed E-state index contributed by atoms with van der Waals surface area (Å²) in [6, 6.07) is 23.8. The number of nitrogens with one attached hydrogen (secondary N) is 2. The molecular weight excluding hydrogens is 369 g/mol. The molecule has 0 radical (unpaired) electrons.